The summed E-state index contributed by atoms with van der Waals surface area (Å²) < 4.78 is 16.5. The lowest BCUT2D eigenvalue weighted by Gasteiger charge is -2.36. The summed E-state index contributed by atoms with van der Waals surface area (Å²) in [4.78, 5) is 18.5. The average molecular weight is 377 g/mol. The molecule has 2 fully saturated rings. The number of rotatable bonds is 7. The van der Waals surface area contributed by atoms with Gasteiger partial charge in [0, 0.05) is 44.7 Å². The summed E-state index contributed by atoms with van der Waals surface area (Å²) in [5, 5.41) is 7.83. The number of hydrogen-bond donors (Lipinski definition) is 0. The van der Waals surface area contributed by atoms with E-state index >= 15 is 0 Å². The van der Waals surface area contributed by atoms with Crippen LogP contribution < -0.4 is 0 Å². The van der Waals surface area contributed by atoms with Gasteiger partial charge in [-0.2, -0.15) is 16.3 Å². The molecule has 2 aliphatic rings. The van der Waals surface area contributed by atoms with Crippen LogP contribution in [0.4, 0.5) is 0 Å². The molecule has 2 saturated heterocycles. The van der Waals surface area contributed by atoms with Gasteiger partial charge in [0.2, 0.25) is 5.89 Å². The monoisotopic (exact) mass is 377 g/mol. The molecular weight excluding hydrogens is 354 g/mol. The number of hydrogen-bond acceptors (Lipinski definition) is 7. The molecule has 140 valence electrons. The van der Waals surface area contributed by atoms with Gasteiger partial charge in [-0.25, -0.2) is 0 Å². The summed E-state index contributed by atoms with van der Waals surface area (Å²) in [6.07, 6.45) is 2.81. The minimum absolute atomic E-state index is 0.0729. The first-order valence-corrected chi connectivity index (χ1v) is 10.0. The summed E-state index contributed by atoms with van der Waals surface area (Å²) in [5.41, 5.74) is 0.751. The summed E-state index contributed by atoms with van der Waals surface area (Å²) in [6, 6.07) is 1.85. The van der Waals surface area contributed by atoms with Crippen LogP contribution in [-0.2, 0) is 15.9 Å². The van der Waals surface area contributed by atoms with Crippen molar-refractivity contribution in [2.75, 3.05) is 39.5 Å². The van der Waals surface area contributed by atoms with Crippen molar-refractivity contribution in [3.8, 4) is 0 Å². The van der Waals surface area contributed by atoms with Gasteiger partial charge in [-0.05, 0) is 30.2 Å². The molecule has 0 radical (unpaired) electrons. The van der Waals surface area contributed by atoms with Gasteiger partial charge in [-0.15, -0.1) is 0 Å². The number of amides is 1. The highest BCUT2D eigenvalue weighted by molar-refractivity contribution is 7.08. The van der Waals surface area contributed by atoms with E-state index in [9.17, 15) is 4.79 Å². The lowest BCUT2D eigenvalue weighted by Crippen LogP contribution is -2.48. The van der Waals surface area contributed by atoms with Gasteiger partial charge < -0.3 is 18.9 Å². The van der Waals surface area contributed by atoms with Crippen molar-refractivity contribution in [2.45, 2.75) is 25.2 Å². The molecule has 0 atom stereocenters. The molecule has 8 heteroatoms. The smallest absolute Gasteiger partial charge is 0.254 e. The first kappa shape index (κ1) is 17.6. The lowest BCUT2D eigenvalue weighted by molar-refractivity contribution is 0.0211. The van der Waals surface area contributed by atoms with Gasteiger partial charge in [0.05, 0.1) is 18.1 Å². The SMILES string of the molecule is O=C(c1ccsc1)N1CC(c2nc(CCOCC3CCOCC3)no2)C1. The molecule has 7 nitrogen and oxygen atoms in total. The van der Waals surface area contributed by atoms with Crippen molar-refractivity contribution in [1.29, 1.82) is 0 Å². The van der Waals surface area contributed by atoms with E-state index in [1.54, 1.807) is 0 Å². The first-order valence-electron chi connectivity index (χ1n) is 9.09. The van der Waals surface area contributed by atoms with Crippen LogP contribution in [0.3, 0.4) is 0 Å². The second kappa shape index (κ2) is 8.28. The normalized spacial score (nSPS) is 18.8. The van der Waals surface area contributed by atoms with Gasteiger partial charge in [0.25, 0.3) is 5.91 Å². The fourth-order valence-corrected chi connectivity index (χ4v) is 3.86. The van der Waals surface area contributed by atoms with E-state index in [0.717, 1.165) is 38.2 Å². The molecule has 0 spiro atoms. The van der Waals surface area contributed by atoms with Crippen LogP contribution >= 0.6 is 11.3 Å². The third-order valence-electron chi connectivity index (χ3n) is 4.93. The Labute approximate surface area is 156 Å². The van der Waals surface area contributed by atoms with Gasteiger partial charge in [-0.3, -0.25) is 4.79 Å². The number of carbonyl (C=O) groups is 1. The highest BCUT2D eigenvalue weighted by atomic mass is 32.1. The van der Waals surface area contributed by atoms with Gasteiger partial charge in [0.1, 0.15) is 0 Å². The molecule has 2 aromatic rings. The van der Waals surface area contributed by atoms with E-state index in [4.69, 9.17) is 14.0 Å². The van der Waals surface area contributed by atoms with E-state index < -0.39 is 0 Å². The zero-order valence-electron chi connectivity index (χ0n) is 14.6. The molecule has 2 aliphatic heterocycles. The van der Waals surface area contributed by atoms with Crippen LogP contribution in [0.15, 0.2) is 21.3 Å². The van der Waals surface area contributed by atoms with E-state index in [-0.39, 0.29) is 11.8 Å². The third-order valence-corrected chi connectivity index (χ3v) is 5.62. The van der Waals surface area contributed by atoms with Crippen molar-refractivity contribution in [1.82, 2.24) is 15.0 Å². The summed E-state index contributed by atoms with van der Waals surface area (Å²) >= 11 is 1.53. The van der Waals surface area contributed by atoms with Crippen LogP contribution in [0.5, 0.6) is 0 Å². The van der Waals surface area contributed by atoms with Gasteiger partial charge >= 0.3 is 0 Å². The maximum atomic E-state index is 12.2. The molecular formula is C18H23N3O4S. The second-order valence-corrected chi connectivity index (χ2v) is 7.63. The highest BCUT2D eigenvalue weighted by Crippen LogP contribution is 2.27. The summed E-state index contributed by atoms with van der Waals surface area (Å²) in [7, 11) is 0. The standard InChI is InChI=1S/C18H23N3O4S/c22-18(14-4-8-26-12-14)21-9-15(10-21)17-19-16(20-25-17)3-7-24-11-13-1-5-23-6-2-13/h4,8,12-13,15H,1-3,5-7,9-11H2. The van der Waals surface area contributed by atoms with Crippen LogP contribution in [0.2, 0.25) is 0 Å². The first-order chi connectivity index (χ1) is 12.8. The minimum Gasteiger partial charge on any atom is -0.381 e. The second-order valence-electron chi connectivity index (χ2n) is 6.85. The Morgan fingerprint density at radius 2 is 2.19 bits per heavy atom. The predicted octanol–water partition coefficient (Wildman–Crippen LogP) is 2.36. The highest BCUT2D eigenvalue weighted by Gasteiger charge is 2.36. The van der Waals surface area contributed by atoms with Crippen molar-refractivity contribution < 1.29 is 18.8 Å². The molecule has 4 heterocycles. The van der Waals surface area contributed by atoms with E-state index in [1.807, 2.05) is 21.7 Å². The Morgan fingerprint density at radius 3 is 2.96 bits per heavy atom. The van der Waals surface area contributed by atoms with E-state index in [0.29, 0.717) is 43.8 Å². The Bertz CT molecular complexity index is 706. The Kier molecular flexibility index (Phi) is 5.62. The number of ether oxygens (including phenoxy) is 2. The average Bonchev–Trinajstić information content (AvgIpc) is 3.30. The number of carbonyl (C=O) groups excluding carboxylic acids is 1. The molecule has 0 unspecified atom stereocenters. The number of likely N-dealkylation sites (tertiary alicyclic amines) is 1. The zero-order valence-corrected chi connectivity index (χ0v) is 15.5. The molecule has 0 aliphatic carbocycles. The lowest BCUT2D eigenvalue weighted by atomic mass is 9.99. The topological polar surface area (TPSA) is 77.7 Å². The minimum atomic E-state index is 0.0729. The fraction of sp³-hybridized carbons (Fsp3) is 0.611. The predicted molar refractivity (Wildman–Crippen MR) is 95.3 cm³/mol. The van der Waals surface area contributed by atoms with Crippen molar-refractivity contribution >= 4 is 17.2 Å². The zero-order chi connectivity index (χ0) is 17.8. The molecule has 1 amide bonds. The largest absolute Gasteiger partial charge is 0.381 e. The maximum absolute atomic E-state index is 12.2. The molecule has 26 heavy (non-hydrogen) atoms. The van der Waals surface area contributed by atoms with E-state index in [2.05, 4.69) is 10.1 Å². The maximum Gasteiger partial charge on any atom is 0.254 e. The quantitative estimate of drug-likeness (QED) is 0.690. The number of nitrogens with zero attached hydrogens (tertiary/aromatic N) is 3. The third kappa shape index (κ3) is 4.13. The van der Waals surface area contributed by atoms with Crippen LogP contribution in [0.25, 0.3) is 0 Å². The number of thiophene rings is 1. The Hall–Kier alpha value is -1.77. The molecule has 4 rings (SSSR count). The van der Waals surface area contributed by atoms with Crippen molar-refractivity contribution in [2.24, 2.45) is 5.92 Å². The molecule has 2 aromatic heterocycles. The van der Waals surface area contributed by atoms with Crippen molar-refractivity contribution in [3.63, 3.8) is 0 Å². The van der Waals surface area contributed by atoms with Crippen LogP contribution in [0.1, 0.15) is 40.8 Å². The summed E-state index contributed by atoms with van der Waals surface area (Å²) in [5.74, 6) is 2.12. The Morgan fingerprint density at radius 1 is 1.35 bits per heavy atom. The molecule has 0 aromatic carbocycles. The fourth-order valence-electron chi connectivity index (χ4n) is 3.23. The van der Waals surface area contributed by atoms with Crippen LogP contribution in [-0.4, -0.2) is 60.5 Å². The van der Waals surface area contributed by atoms with E-state index in [1.165, 1.54) is 11.3 Å². The molecule has 0 saturated carbocycles. The van der Waals surface area contributed by atoms with Crippen molar-refractivity contribution in [3.05, 3.63) is 34.1 Å². The number of aromatic nitrogens is 2. The molecule has 0 N–H and O–H groups in total. The summed E-state index contributed by atoms with van der Waals surface area (Å²) in [6.45, 7) is 4.33. The van der Waals surface area contributed by atoms with Gasteiger partial charge in [-0.1, -0.05) is 5.16 Å². The van der Waals surface area contributed by atoms with Crippen LogP contribution in [0, 0.1) is 5.92 Å². The van der Waals surface area contributed by atoms with Gasteiger partial charge in [0.15, 0.2) is 5.82 Å². The Balaban J connectivity index is 1.17. The molecule has 0 bridgehead atoms.